The fourth-order valence-electron chi connectivity index (χ4n) is 4.87. The molecule has 0 aliphatic carbocycles. The number of rotatable bonds is 6. The van der Waals surface area contributed by atoms with Crippen LogP contribution in [0.25, 0.3) is 0 Å². The number of carbonyl (C=O) groups excluding carboxylic acids is 1. The van der Waals surface area contributed by atoms with E-state index in [4.69, 9.17) is 9.90 Å². The summed E-state index contributed by atoms with van der Waals surface area (Å²) < 4.78 is 31.7. The Morgan fingerprint density at radius 1 is 0.923 bits per heavy atom. The molecular weight excluding hydrogens is 515 g/mol. The van der Waals surface area contributed by atoms with Gasteiger partial charge < -0.3 is 25.3 Å². The molecule has 11 heteroatoms. The minimum absolute atomic E-state index is 0.137. The second-order valence-corrected chi connectivity index (χ2v) is 9.86. The van der Waals surface area contributed by atoms with E-state index in [-0.39, 0.29) is 17.9 Å². The number of hydrogen-bond acceptors (Lipinski definition) is 5. The highest BCUT2D eigenvalue weighted by Crippen LogP contribution is 2.28. The van der Waals surface area contributed by atoms with Crippen molar-refractivity contribution in [3.05, 3.63) is 59.2 Å². The fourth-order valence-corrected chi connectivity index (χ4v) is 4.87. The third kappa shape index (κ3) is 8.98. The van der Waals surface area contributed by atoms with Gasteiger partial charge in [0.25, 0.3) is 0 Å². The van der Waals surface area contributed by atoms with Crippen molar-refractivity contribution in [2.75, 3.05) is 36.4 Å². The van der Waals surface area contributed by atoms with Crippen molar-refractivity contribution in [1.29, 1.82) is 0 Å². The quantitative estimate of drug-likeness (QED) is 0.467. The molecule has 0 spiro atoms. The smallest absolute Gasteiger partial charge is 0.478 e. The number of carbonyl (C=O) groups is 3. The molecule has 2 aromatic rings. The predicted octanol–water partition coefficient (Wildman–Crippen LogP) is 4.96. The summed E-state index contributed by atoms with van der Waals surface area (Å²) in [6.45, 7) is 6.29. The summed E-state index contributed by atoms with van der Waals surface area (Å²) in [4.78, 5) is 38.2. The summed E-state index contributed by atoms with van der Waals surface area (Å²) >= 11 is 0. The lowest BCUT2D eigenvalue weighted by atomic mass is 9.99. The SMILES string of the molecule is Cc1ccc(CC(=O)Nc2ccc(N3CCC(N4CCCCC4)CC3)cc2C(=O)O)cc1.O=C(O)C(F)(F)F. The maximum absolute atomic E-state index is 12.5. The molecule has 2 heterocycles. The zero-order chi connectivity index (χ0) is 28.6. The molecule has 0 atom stereocenters. The van der Waals surface area contributed by atoms with Crippen molar-refractivity contribution < 1.29 is 37.8 Å². The number of carboxylic acid groups (broad SMARTS) is 2. The van der Waals surface area contributed by atoms with Gasteiger partial charge in [0.05, 0.1) is 17.7 Å². The number of nitrogens with zero attached hydrogens (tertiary/aromatic N) is 2. The van der Waals surface area contributed by atoms with Crippen LogP contribution < -0.4 is 10.2 Å². The molecule has 2 aliphatic heterocycles. The van der Waals surface area contributed by atoms with Crippen molar-refractivity contribution in [2.45, 2.75) is 57.7 Å². The van der Waals surface area contributed by atoms with Crippen molar-refractivity contribution in [2.24, 2.45) is 0 Å². The van der Waals surface area contributed by atoms with Crippen LogP contribution in [0.1, 0.15) is 53.6 Å². The Hall–Kier alpha value is -3.60. The second kappa shape index (κ2) is 13.5. The number of hydrogen-bond donors (Lipinski definition) is 3. The molecule has 212 valence electrons. The maximum Gasteiger partial charge on any atom is 0.490 e. The average Bonchev–Trinajstić information content (AvgIpc) is 2.90. The van der Waals surface area contributed by atoms with E-state index in [0.717, 1.165) is 42.7 Å². The van der Waals surface area contributed by atoms with Crippen LogP contribution >= 0.6 is 0 Å². The first-order valence-corrected chi connectivity index (χ1v) is 13.0. The number of benzene rings is 2. The van der Waals surface area contributed by atoms with Gasteiger partial charge in [-0.25, -0.2) is 9.59 Å². The van der Waals surface area contributed by atoms with Crippen molar-refractivity contribution >= 4 is 29.2 Å². The largest absolute Gasteiger partial charge is 0.490 e. The number of anilines is 2. The topological polar surface area (TPSA) is 110 Å². The number of likely N-dealkylation sites (tertiary alicyclic amines) is 1. The fraction of sp³-hybridized carbons (Fsp3) is 0.464. The number of aryl methyl sites for hydroxylation is 1. The van der Waals surface area contributed by atoms with Gasteiger partial charge in [-0.2, -0.15) is 13.2 Å². The summed E-state index contributed by atoms with van der Waals surface area (Å²) in [6, 6.07) is 13.8. The number of nitrogens with one attached hydrogen (secondary N) is 1. The van der Waals surface area contributed by atoms with E-state index >= 15 is 0 Å². The molecule has 0 saturated carbocycles. The molecule has 0 bridgehead atoms. The van der Waals surface area contributed by atoms with Gasteiger partial charge in [0.15, 0.2) is 0 Å². The molecule has 1 amide bonds. The molecule has 0 radical (unpaired) electrons. The molecule has 0 aromatic heterocycles. The predicted molar refractivity (Wildman–Crippen MR) is 141 cm³/mol. The Kier molecular flexibility index (Phi) is 10.3. The van der Waals surface area contributed by atoms with E-state index in [0.29, 0.717) is 11.7 Å². The molecular formula is C28H34F3N3O5. The van der Waals surface area contributed by atoms with E-state index in [9.17, 15) is 27.9 Å². The van der Waals surface area contributed by atoms with Gasteiger partial charge in [-0.05, 0) is 69.5 Å². The molecule has 4 rings (SSSR count). The van der Waals surface area contributed by atoms with E-state index < -0.39 is 18.1 Å². The molecule has 3 N–H and O–H groups in total. The monoisotopic (exact) mass is 549 g/mol. The first-order chi connectivity index (χ1) is 18.4. The molecule has 2 aromatic carbocycles. The van der Waals surface area contributed by atoms with Gasteiger partial charge in [0.1, 0.15) is 0 Å². The van der Waals surface area contributed by atoms with Gasteiger partial charge in [-0.1, -0.05) is 36.2 Å². The molecule has 2 saturated heterocycles. The van der Waals surface area contributed by atoms with Crippen LogP contribution in [0.2, 0.25) is 0 Å². The maximum atomic E-state index is 12.5. The van der Waals surface area contributed by atoms with Gasteiger partial charge >= 0.3 is 18.1 Å². The Morgan fingerprint density at radius 2 is 1.51 bits per heavy atom. The van der Waals surface area contributed by atoms with Crippen LogP contribution in [0.3, 0.4) is 0 Å². The summed E-state index contributed by atoms with van der Waals surface area (Å²) in [5, 5.41) is 19.7. The highest BCUT2D eigenvalue weighted by atomic mass is 19.4. The minimum atomic E-state index is -5.08. The number of amides is 1. The number of alkyl halides is 3. The average molecular weight is 550 g/mol. The highest BCUT2D eigenvalue weighted by molar-refractivity contribution is 6.01. The van der Waals surface area contributed by atoms with Gasteiger partial charge in [-0.15, -0.1) is 0 Å². The number of carboxylic acids is 2. The van der Waals surface area contributed by atoms with Crippen LogP contribution in [0.4, 0.5) is 24.5 Å². The van der Waals surface area contributed by atoms with Crippen LogP contribution in [0, 0.1) is 6.92 Å². The van der Waals surface area contributed by atoms with E-state index in [1.807, 2.05) is 37.3 Å². The zero-order valence-electron chi connectivity index (χ0n) is 21.8. The van der Waals surface area contributed by atoms with E-state index in [1.165, 1.54) is 32.4 Å². The summed E-state index contributed by atoms with van der Waals surface area (Å²) in [6.07, 6.45) is 1.31. The lowest BCUT2D eigenvalue weighted by Gasteiger charge is -2.41. The third-order valence-corrected chi connectivity index (χ3v) is 6.97. The third-order valence-electron chi connectivity index (χ3n) is 6.97. The summed E-state index contributed by atoms with van der Waals surface area (Å²) in [5.74, 6) is -4.00. The van der Waals surface area contributed by atoms with Crippen LogP contribution in [0.5, 0.6) is 0 Å². The first-order valence-electron chi connectivity index (χ1n) is 13.0. The van der Waals surface area contributed by atoms with Crippen LogP contribution in [-0.4, -0.2) is 71.4 Å². The molecule has 39 heavy (non-hydrogen) atoms. The standard InChI is InChI=1S/C26H33N3O3.C2HF3O2/c1-19-5-7-20(8-6-19)17-25(30)27-24-10-9-22(18-23(24)26(31)32)29-15-11-21(12-16-29)28-13-3-2-4-14-28;3-2(4,5)1(6)7/h5-10,18,21H,2-4,11-17H2,1H3,(H,27,30)(H,31,32);(H,6,7). The van der Waals surface area contributed by atoms with Gasteiger partial charge in [-0.3, -0.25) is 4.79 Å². The molecule has 2 aliphatic rings. The number of halogens is 3. The first kappa shape index (κ1) is 29.9. The van der Waals surface area contributed by atoms with Crippen molar-refractivity contribution in [3.63, 3.8) is 0 Å². The Morgan fingerprint density at radius 3 is 2.05 bits per heavy atom. The number of piperidine rings is 2. The Labute approximate surface area is 225 Å². The summed E-state index contributed by atoms with van der Waals surface area (Å²) in [5.41, 5.74) is 3.44. The highest BCUT2D eigenvalue weighted by Gasteiger charge is 2.38. The van der Waals surface area contributed by atoms with E-state index in [2.05, 4.69) is 15.1 Å². The van der Waals surface area contributed by atoms with Crippen LogP contribution in [0.15, 0.2) is 42.5 Å². The molecule has 8 nitrogen and oxygen atoms in total. The number of aromatic carboxylic acids is 1. The minimum Gasteiger partial charge on any atom is -0.478 e. The normalized spacial score (nSPS) is 16.7. The van der Waals surface area contributed by atoms with Gasteiger partial charge in [0.2, 0.25) is 5.91 Å². The van der Waals surface area contributed by atoms with Crippen molar-refractivity contribution in [3.8, 4) is 0 Å². The molecule has 2 fully saturated rings. The van der Waals surface area contributed by atoms with Crippen molar-refractivity contribution in [1.82, 2.24) is 4.90 Å². The molecule has 0 unspecified atom stereocenters. The Balaban J connectivity index is 0.000000532. The Bertz CT molecular complexity index is 1140. The lowest BCUT2D eigenvalue weighted by molar-refractivity contribution is -0.192. The van der Waals surface area contributed by atoms with E-state index in [1.54, 1.807) is 12.1 Å². The lowest BCUT2D eigenvalue weighted by Crippen LogP contribution is -2.46. The van der Waals surface area contributed by atoms with Gasteiger partial charge in [0, 0.05) is 24.8 Å². The second-order valence-electron chi connectivity index (χ2n) is 9.86. The van der Waals surface area contributed by atoms with Crippen LogP contribution in [-0.2, 0) is 16.0 Å². The number of aliphatic carboxylic acids is 1. The summed E-state index contributed by atoms with van der Waals surface area (Å²) in [7, 11) is 0. The zero-order valence-corrected chi connectivity index (χ0v) is 21.8.